The Morgan fingerprint density at radius 3 is 2.61 bits per heavy atom. The second kappa shape index (κ2) is 5.78. The van der Waals surface area contributed by atoms with E-state index in [1.54, 1.807) is 20.3 Å². The minimum atomic E-state index is -0.338. The Labute approximate surface area is 111 Å². The lowest BCUT2D eigenvalue weighted by molar-refractivity contribution is -0.0456. The molecule has 0 aliphatic carbocycles. The van der Waals surface area contributed by atoms with Gasteiger partial charge in [-0.1, -0.05) is 11.6 Å². The molecule has 1 aliphatic rings. The summed E-state index contributed by atoms with van der Waals surface area (Å²) in [5, 5.41) is 10.2. The number of aliphatic hydroxyl groups is 1. The number of hydrogen-bond acceptors (Lipinski definition) is 4. The van der Waals surface area contributed by atoms with Crippen LogP contribution in [0.4, 0.5) is 0 Å². The molecule has 100 valence electrons. The van der Waals surface area contributed by atoms with Gasteiger partial charge in [0.25, 0.3) is 0 Å². The third-order valence-corrected chi connectivity index (χ3v) is 3.40. The summed E-state index contributed by atoms with van der Waals surface area (Å²) in [4.78, 5) is 0. The molecule has 1 aliphatic heterocycles. The van der Waals surface area contributed by atoms with Gasteiger partial charge in [-0.25, -0.2) is 0 Å². The first kappa shape index (κ1) is 13.5. The van der Waals surface area contributed by atoms with Crippen LogP contribution in [0.2, 0.25) is 5.02 Å². The van der Waals surface area contributed by atoms with Crippen molar-refractivity contribution < 1.29 is 19.3 Å². The van der Waals surface area contributed by atoms with Crippen LogP contribution in [0.5, 0.6) is 11.5 Å². The molecule has 18 heavy (non-hydrogen) atoms. The van der Waals surface area contributed by atoms with E-state index < -0.39 is 0 Å². The van der Waals surface area contributed by atoms with Crippen molar-refractivity contribution in [2.24, 2.45) is 0 Å². The van der Waals surface area contributed by atoms with E-state index >= 15 is 0 Å². The highest BCUT2D eigenvalue weighted by Gasteiger charge is 2.26. The molecule has 2 rings (SSSR count). The van der Waals surface area contributed by atoms with Gasteiger partial charge in [-0.05, 0) is 12.5 Å². The first-order valence-corrected chi connectivity index (χ1v) is 6.24. The summed E-state index contributed by atoms with van der Waals surface area (Å²) in [5.41, 5.74) is 0.859. The molecule has 1 aromatic rings. The fraction of sp³-hybridized carbons (Fsp3) is 0.538. The zero-order valence-electron chi connectivity index (χ0n) is 10.5. The van der Waals surface area contributed by atoms with Crippen molar-refractivity contribution in [2.45, 2.75) is 25.0 Å². The van der Waals surface area contributed by atoms with Crippen molar-refractivity contribution in [1.82, 2.24) is 0 Å². The lowest BCUT2D eigenvalue weighted by Gasteiger charge is -2.28. The highest BCUT2D eigenvalue weighted by Crippen LogP contribution is 2.39. The van der Waals surface area contributed by atoms with E-state index in [9.17, 15) is 5.11 Å². The number of hydrogen-bond donors (Lipinski definition) is 1. The highest BCUT2D eigenvalue weighted by atomic mass is 35.5. The molecule has 1 saturated heterocycles. The van der Waals surface area contributed by atoms with Crippen LogP contribution in [0.15, 0.2) is 12.1 Å². The number of aliphatic hydroxyl groups excluding tert-OH is 1. The maximum Gasteiger partial charge on any atom is 0.138 e. The topological polar surface area (TPSA) is 47.9 Å². The molecule has 0 saturated carbocycles. The standard InChI is InChI=1S/C13H17ClO4/c1-16-11-7-10(14)13(17-2)6-9(11)12-5-8(15)3-4-18-12/h6-8,12,15H,3-5H2,1-2H3. The normalized spacial score (nSPS) is 23.8. The number of halogens is 1. The van der Waals surface area contributed by atoms with E-state index in [0.717, 1.165) is 5.56 Å². The Bertz CT molecular complexity index is 422. The predicted octanol–water partition coefficient (Wildman–Crippen LogP) is 2.57. The fourth-order valence-electron chi connectivity index (χ4n) is 2.13. The molecule has 2 unspecified atom stereocenters. The number of methoxy groups -OCH3 is 2. The molecule has 0 radical (unpaired) electrons. The summed E-state index contributed by atoms with van der Waals surface area (Å²) >= 11 is 6.05. The van der Waals surface area contributed by atoms with Gasteiger partial charge in [-0.3, -0.25) is 0 Å². The second-order valence-corrected chi connectivity index (χ2v) is 4.67. The SMILES string of the molecule is COc1cc(C2CC(O)CCO2)c(OC)cc1Cl. The summed E-state index contributed by atoms with van der Waals surface area (Å²) in [6.45, 7) is 0.542. The summed E-state index contributed by atoms with van der Waals surface area (Å²) < 4.78 is 16.2. The van der Waals surface area contributed by atoms with Crippen LogP contribution in [0, 0.1) is 0 Å². The minimum Gasteiger partial charge on any atom is -0.496 e. The molecule has 0 bridgehead atoms. The molecule has 2 atom stereocenters. The van der Waals surface area contributed by atoms with Crippen molar-refractivity contribution in [2.75, 3.05) is 20.8 Å². The van der Waals surface area contributed by atoms with Crippen LogP contribution < -0.4 is 9.47 Å². The van der Waals surface area contributed by atoms with E-state index in [1.807, 2.05) is 6.07 Å². The van der Waals surface area contributed by atoms with E-state index in [4.69, 9.17) is 25.8 Å². The molecule has 0 amide bonds. The van der Waals surface area contributed by atoms with Gasteiger partial charge < -0.3 is 19.3 Å². The molecular formula is C13H17ClO4. The Balaban J connectivity index is 2.35. The van der Waals surface area contributed by atoms with Gasteiger partial charge in [0.05, 0.1) is 31.5 Å². The summed E-state index contributed by atoms with van der Waals surface area (Å²) in [5.74, 6) is 1.23. The Morgan fingerprint density at radius 1 is 1.28 bits per heavy atom. The van der Waals surface area contributed by atoms with Crippen molar-refractivity contribution in [1.29, 1.82) is 0 Å². The first-order valence-electron chi connectivity index (χ1n) is 5.86. The van der Waals surface area contributed by atoms with Gasteiger partial charge in [0.2, 0.25) is 0 Å². The monoisotopic (exact) mass is 272 g/mol. The van der Waals surface area contributed by atoms with E-state index in [-0.39, 0.29) is 12.2 Å². The summed E-state index contributed by atoms with van der Waals surface area (Å²) in [6.07, 6.45) is 0.704. The molecule has 0 aromatic heterocycles. The van der Waals surface area contributed by atoms with E-state index in [0.29, 0.717) is 36.0 Å². The van der Waals surface area contributed by atoms with Crippen LogP contribution in [-0.2, 0) is 4.74 Å². The largest absolute Gasteiger partial charge is 0.496 e. The van der Waals surface area contributed by atoms with Gasteiger partial charge >= 0.3 is 0 Å². The zero-order chi connectivity index (χ0) is 13.1. The number of rotatable bonds is 3. The van der Waals surface area contributed by atoms with Crippen LogP contribution >= 0.6 is 11.6 Å². The summed E-state index contributed by atoms with van der Waals surface area (Å²) in [7, 11) is 3.15. The van der Waals surface area contributed by atoms with E-state index in [2.05, 4.69) is 0 Å². The highest BCUT2D eigenvalue weighted by molar-refractivity contribution is 6.32. The third kappa shape index (κ3) is 2.71. The lowest BCUT2D eigenvalue weighted by atomic mass is 9.98. The minimum absolute atomic E-state index is 0.185. The molecule has 1 aromatic carbocycles. The average Bonchev–Trinajstić information content (AvgIpc) is 2.38. The Kier molecular flexibility index (Phi) is 4.32. The Morgan fingerprint density at radius 2 is 2.00 bits per heavy atom. The van der Waals surface area contributed by atoms with Gasteiger partial charge in [0.15, 0.2) is 0 Å². The smallest absolute Gasteiger partial charge is 0.138 e. The van der Waals surface area contributed by atoms with Gasteiger partial charge in [0.1, 0.15) is 11.5 Å². The van der Waals surface area contributed by atoms with Crippen molar-refractivity contribution in [3.63, 3.8) is 0 Å². The first-order chi connectivity index (χ1) is 8.65. The quantitative estimate of drug-likeness (QED) is 0.919. The zero-order valence-corrected chi connectivity index (χ0v) is 11.2. The van der Waals surface area contributed by atoms with Crippen molar-refractivity contribution in [3.8, 4) is 11.5 Å². The van der Waals surface area contributed by atoms with Crippen LogP contribution in [0.1, 0.15) is 24.5 Å². The van der Waals surface area contributed by atoms with Gasteiger partial charge in [-0.2, -0.15) is 0 Å². The maximum absolute atomic E-state index is 9.71. The fourth-order valence-corrected chi connectivity index (χ4v) is 2.36. The summed E-state index contributed by atoms with van der Waals surface area (Å²) in [6, 6.07) is 3.52. The molecule has 1 N–H and O–H groups in total. The van der Waals surface area contributed by atoms with Crippen molar-refractivity contribution >= 4 is 11.6 Å². The maximum atomic E-state index is 9.71. The average molecular weight is 273 g/mol. The molecule has 1 fully saturated rings. The molecule has 0 spiro atoms. The molecule has 4 nitrogen and oxygen atoms in total. The van der Waals surface area contributed by atoms with Crippen molar-refractivity contribution in [3.05, 3.63) is 22.7 Å². The lowest BCUT2D eigenvalue weighted by Crippen LogP contribution is -2.23. The third-order valence-electron chi connectivity index (χ3n) is 3.11. The predicted molar refractivity (Wildman–Crippen MR) is 68.5 cm³/mol. The second-order valence-electron chi connectivity index (χ2n) is 4.27. The van der Waals surface area contributed by atoms with Crippen LogP contribution in [0.3, 0.4) is 0 Å². The molecule has 5 heteroatoms. The Hall–Kier alpha value is -0.970. The molecule has 1 heterocycles. The van der Waals surface area contributed by atoms with Gasteiger partial charge in [-0.15, -0.1) is 0 Å². The van der Waals surface area contributed by atoms with Crippen LogP contribution in [0.25, 0.3) is 0 Å². The number of benzene rings is 1. The number of ether oxygens (including phenoxy) is 3. The van der Waals surface area contributed by atoms with Crippen LogP contribution in [-0.4, -0.2) is 32.0 Å². The van der Waals surface area contributed by atoms with E-state index in [1.165, 1.54) is 0 Å². The van der Waals surface area contributed by atoms with Gasteiger partial charge in [0, 0.05) is 24.7 Å². The molecular weight excluding hydrogens is 256 g/mol.